The molecule has 0 unspecified atom stereocenters. The van der Waals surface area contributed by atoms with Gasteiger partial charge in [-0.2, -0.15) is 5.10 Å². The summed E-state index contributed by atoms with van der Waals surface area (Å²) >= 11 is 0. The van der Waals surface area contributed by atoms with Gasteiger partial charge in [-0.15, -0.1) is 0 Å². The van der Waals surface area contributed by atoms with E-state index in [4.69, 9.17) is 5.10 Å². The molecule has 0 saturated heterocycles. The second kappa shape index (κ2) is 8.00. The molecule has 1 aromatic heterocycles. The molecule has 0 spiro atoms. The molecule has 2 N–H and O–H groups in total. The topological polar surface area (TPSA) is 76.0 Å². The fourth-order valence-corrected chi connectivity index (χ4v) is 2.57. The van der Waals surface area contributed by atoms with Crippen LogP contribution in [0.25, 0.3) is 0 Å². The van der Waals surface area contributed by atoms with Crippen LogP contribution in [0.5, 0.6) is 0 Å². The number of carbonyl (C=O) groups is 2. The van der Waals surface area contributed by atoms with Gasteiger partial charge in [-0.25, -0.2) is 4.68 Å². The van der Waals surface area contributed by atoms with Crippen LogP contribution in [0, 0.1) is 0 Å². The predicted octanol–water partition coefficient (Wildman–Crippen LogP) is 3.99. The molecule has 150 valence electrons. The summed E-state index contributed by atoms with van der Waals surface area (Å²) in [5.74, 6) is 0.240. The molecule has 0 aliphatic heterocycles. The Morgan fingerprint density at radius 2 is 1.71 bits per heavy atom. The van der Waals surface area contributed by atoms with Crippen molar-refractivity contribution in [3.8, 4) is 0 Å². The van der Waals surface area contributed by atoms with Crippen molar-refractivity contribution in [1.29, 1.82) is 0 Å². The van der Waals surface area contributed by atoms with Crippen molar-refractivity contribution in [3.05, 3.63) is 59.8 Å². The van der Waals surface area contributed by atoms with E-state index in [0.717, 1.165) is 11.3 Å². The van der Waals surface area contributed by atoms with E-state index in [1.807, 2.05) is 22.9 Å². The summed E-state index contributed by atoms with van der Waals surface area (Å²) < 4.78 is 1.85. The Balaban J connectivity index is 2.19. The van der Waals surface area contributed by atoms with Gasteiger partial charge >= 0.3 is 0 Å². The maximum atomic E-state index is 12.7. The minimum Gasteiger partial charge on any atom is -0.348 e. The van der Waals surface area contributed by atoms with Crippen LogP contribution in [-0.2, 0) is 22.3 Å². The minimum atomic E-state index is -0.265. The van der Waals surface area contributed by atoms with Crippen LogP contribution >= 0.6 is 0 Å². The second-order valence-electron chi connectivity index (χ2n) is 8.82. The molecule has 1 aromatic carbocycles. The van der Waals surface area contributed by atoms with Crippen molar-refractivity contribution in [1.82, 2.24) is 15.1 Å². The second-order valence-corrected chi connectivity index (χ2v) is 8.82. The van der Waals surface area contributed by atoms with Crippen LogP contribution in [-0.4, -0.2) is 21.6 Å². The number of rotatable bonds is 5. The van der Waals surface area contributed by atoms with Gasteiger partial charge in [0.2, 0.25) is 5.91 Å². The highest BCUT2D eigenvalue weighted by molar-refractivity contribution is 6.03. The van der Waals surface area contributed by atoms with Crippen molar-refractivity contribution in [2.45, 2.75) is 59.0 Å². The lowest BCUT2D eigenvalue weighted by Crippen LogP contribution is -2.27. The third-order valence-electron chi connectivity index (χ3n) is 4.22. The maximum Gasteiger partial charge on any atom is 0.256 e. The average molecular weight is 383 g/mol. The van der Waals surface area contributed by atoms with Crippen molar-refractivity contribution < 1.29 is 9.59 Å². The van der Waals surface area contributed by atoms with Gasteiger partial charge in [0.05, 0.1) is 11.2 Å². The molecule has 0 aliphatic carbocycles. The first-order valence-corrected chi connectivity index (χ1v) is 9.33. The standard InChI is InChI=1S/C22H30N4O2/c1-8-19(27)23-14-15-9-11-16(12-10-15)20(28)24-18-13-17(21(2,3)4)25-26(18)22(5,6)7/h8-13H,1,14H2,2-7H3,(H,23,27)(H,24,28). The number of anilines is 1. The highest BCUT2D eigenvalue weighted by Crippen LogP contribution is 2.28. The van der Waals surface area contributed by atoms with Crippen LogP contribution in [0.4, 0.5) is 5.82 Å². The molecule has 2 aromatic rings. The van der Waals surface area contributed by atoms with Gasteiger partial charge in [0.1, 0.15) is 5.82 Å². The Kier molecular flexibility index (Phi) is 6.12. The number of hydrogen-bond acceptors (Lipinski definition) is 3. The molecule has 28 heavy (non-hydrogen) atoms. The number of carbonyl (C=O) groups excluding carboxylic acids is 2. The molecule has 0 saturated carbocycles. The zero-order chi connectivity index (χ0) is 21.1. The molecule has 2 rings (SSSR count). The Morgan fingerprint density at radius 1 is 1.11 bits per heavy atom. The fraction of sp³-hybridized carbons (Fsp3) is 0.409. The molecular formula is C22H30N4O2. The third kappa shape index (κ3) is 5.31. The zero-order valence-electron chi connectivity index (χ0n) is 17.6. The Labute approximate surface area is 167 Å². The average Bonchev–Trinajstić information content (AvgIpc) is 3.04. The lowest BCUT2D eigenvalue weighted by atomic mass is 9.92. The maximum absolute atomic E-state index is 12.7. The third-order valence-corrected chi connectivity index (χ3v) is 4.22. The molecule has 0 atom stereocenters. The molecule has 0 aliphatic rings. The highest BCUT2D eigenvalue weighted by Gasteiger charge is 2.25. The normalized spacial score (nSPS) is 11.8. The Hall–Kier alpha value is -2.89. The molecule has 1 heterocycles. The summed E-state index contributed by atoms with van der Waals surface area (Å²) in [6.07, 6.45) is 1.23. The van der Waals surface area contributed by atoms with Gasteiger partial charge in [0.15, 0.2) is 0 Å². The zero-order valence-corrected chi connectivity index (χ0v) is 17.6. The minimum absolute atomic E-state index is 0.118. The van der Waals surface area contributed by atoms with E-state index >= 15 is 0 Å². The highest BCUT2D eigenvalue weighted by atomic mass is 16.2. The van der Waals surface area contributed by atoms with Crippen LogP contribution < -0.4 is 10.6 Å². The molecule has 0 bridgehead atoms. The summed E-state index contributed by atoms with van der Waals surface area (Å²) in [6.45, 7) is 16.2. The van der Waals surface area contributed by atoms with Crippen LogP contribution in [0.2, 0.25) is 0 Å². The van der Waals surface area contributed by atoms with Crippen molar-refractivity contribution in [2.75, 3.05) is 5.32 Å². The lowest BCUT2D eigenvalue weighted by molar-refractivity contribution is -0.116. The molecule has 6 nitrogen and oxygen atoms in total. The van der Waals surface area contributed by atoms with Gasteiger partial charge in [-0.05, 0) is 44.5 Å². The Bertz CT molecular complexity index is 865. The lowest BCUT2D eigenvalue weighted by Gasteiger charge is -2.23. The first-order chi connectivity index (χ1) is 12.9. The first kappa shape index (κ1) is 21.4. The van der Waals surface area contributed by atoms with Gasteiger partial charge in [-0.3, -0.25) is 9.59 Å². The summed E-state index contributed by atoms with van der Waals surface area (Å²) in [7, 11) is 0. The van der Waals surface area contributed by atoms with E-state index in [-0.39, 0.29) is 22.8 Å². The number of nitrogens with one attached hydrogen (secondary N) is 2. The van der Waals surface area contributed by atoms with Gasteiger partial charge < -0.3 is 10.6 Å². The predicted molar refractivity (Wildman–Crippen MR) is 112 cm³/mol. The number of hydrogen-bond donors (Lipinski definition) is 2. The van der Waals surface area contributed by atoms with E-state index in [9.17, 15) is 9.59 Å². The van der Waals surface area contributed by atoms with Crippen LogP contribution in [0.15, 0.2) is 43.0 Å². The van der Waals surface area contributed by atoms with Gasteiger partial charge in [-0.1, -0.05) is 39.5 Å². The van der Waals surface area contributed by atoms with E-state index in [2.05, 4.69) is 58.8 Å². The number of amides is 2. The Morgan fingerprint density at radius 3 is 2.21 bits per heavy atom. The summed E-state index contributed by atoms with van der Waals surface area (Å²) in [4.78, 5) is 24.0. The summed E-state index contributed by atoms with van der Waals surface area (Å²) in [6, 6.07) is 9.06. The van der Waals surface area contributed by atoms with Gasteiger partial charge in [0.25, 0.3) is 5.91 Å². The SMILES string of the molecule is C=CC(=O)NCc1ccc(C(=O)Nc2cc(C(C)(C)C)nn2C(C)(C)C)cc1. The van der Waals surface area contributed by atoms with Crippen molar-refractivity contribution in [3.63, 3.8) is 0 Å². The van der Waals surface area contributed by atoms with Crippen molar-refractivity contribution >= 4 is 17.6 Å². The quantitative estimate of drug-likeness (QED) is 0.768. The monoisotopic (exact) mass is 382 g/mol. The molecule has 0 radical (unpaired) electrons. The fourth-order valence-electron chi connectivity index (χ4n) is 2.57. The first-order valence-electron chi connectivity index (χ1n) is 9.33. The largest absolute Gasteiger partial charge is 0.348 e. The summed E-state index contributed by atoms with van der Waals surface area (Å²) in [5, 5.41) is 10.4. The smallest absolute Gasteiger partial charge is 0.256 e. The molecular weight excluding hydrogens is 352 g/mol. The molecule has 6 heteroatoms. The molecule has 0 fully saturated rings. The van der Waals surface area contributed by atoms with Crippen LogP contribution in [0.3, 0.4) is 0 Å². The number of aromatic nitrogens is 2. The molecule has 2 amide bonds. The van der Waals surface area contributed by atoms with E-state index in [1.54, 1.807) is 12.1 Å². The van der Waals surface area contributed by atoms with E-state index < -0.39 is 0 Å². The van der Waals surface area contributed by atoms with Crippen LogP contribution in [0.1, 0.15) is 63.2 Å². The van der Waals surface area contributed by atoms with E-state index in [1.165, 1.54) is 6.08 Å². The number of benzene rings is 1. The van der Waals surface area contributed by atoms with Gasteiger partial charge in [0, 0.05) is 23.6 Å². The van der Waals surface area contributed by atoms with Crippen molar-refractivity contribution in [2.24, 2.45) is 0 Å². The van der Waals surface area contributed by atoms with E-state index in [0.29, 0.717) is 17.9 Å². The summed E-state index contributed by atoms with van der Waals surface area (Å²) in [5.41, 5.74) is 1.98. The number of nitrogens with zero attached hydrogens (tertiary/aromatic N) is 2.